The Bertz CT molecular complexity index is 1650. The highest BCUT2D eigenvalue weighted by molar-refractivity contribution is 7.98. The minimum atomic E-state index is -1.42. The summed E-state index contributed by atoms with van der Waals surface area (Å²) in [5.74, 6) is -3.41. The predicted octanol–water partition coefficient (Wildman–Crippen LogP) is 6.55. The first kappa shape index (κ1) is 25.5. The third-order valence-corrected chi connectivity index (χ3v) is 7.29. The number of rotatable bonds is 7. The molecule has 0 saturated heterocycles. The molecule has 0 radical (unpaired) electrons. The number of halogens is 3. The molecule has 2 heterocycles. The van der Waals surface area contributed by atoms with Crippen LogP contribution in [0.1, 0.15) is 41.2 Å². The molecule has 0 atom stereocenters. The Hall–Kier alpha value is -4.18. The second-order valence-electron chi connectivity index (χ2n) is 9.17. The summed E-state index contributed by atoms with van der Waals surface area (Å²) in [5.41, 5.74) is 0.856. The van der Waals surface area contributed by atoms with E-state index in [2.05, 4.69) is 15.2 Å². The van der Waals surface area contributed by atoms with Gasteiger partial charge in [-0.15, -0.1) is 10.2 Å². The summed E-state index contributed by atoms with van der Waals surface area (Å²) in [6, 6.07) is 17.1. The number of hydrogen-bond acceptors (Lipinski definition) is 5. The van der Waals surface area contributed by atoms with Gasteiger partial charge in [0.2, 0.25) is 0 Å². The van der Waals surface area contributed by atoms with Crippen LogP contribution in [0, 0.1) is 17.5 Å². The fourth-order valence-electron chi connectivity index (χ4n) is 4.18. The third kappa shape index (κ3) is 4.74. The second-order valence-corrected chi connectivity index (χ2v) is 10.1. The van der Waals surface area contributed by atoms with Crippen molar-refractivity contribution in [1.82, 2.24) is 19.7 Å². The average molecular weight is 535 g/mol. The van der Waals surface area contributed by atoms with Crippen molar-refractivity contribution >= 4 is 28.6 Å². The lowest BCUT2D eigenvalue weighted by atomic mass is 9.83. The summed E-state index contributed by atoms with van der Waals surface area (Å²) in [5, 5.41) is 19.1. The molecular weight excluding hydrogens is 513 g/mol. The van der Waals surface area contributed by atoms with Gasteiger partial charge in [-0.1, -0.05) is 30.0 Å². The lowest BCUT2D eigenvalue weighted by Gasteiger charge is -2.26. The molecule has 1 N–H and O–H groups in total. The van der Waals surface area contributed by atoms with Crippen molar-refractivity contribution in [1.29, 1.82) is 0 Å². The monoisotopic (exact) mass is 534 g/mol. The van der Waals surface area contributed by atoms with Gasteiger partial charge in [0, 0.05) is 28.6 Å². The molecule has 3 aromatic carbocycles. The topological polar surface area (TPSA) is 80.9 Å². The molecule has 38 heavy (non-hydrogen) atoms. The van der Waals surface area contributed by atoms with Crippen LogP contribution in [0.25, 0.3) is 16.6 Å². The number of carbonyl (C=O) groups is 1. The van der Waals surface area contributed by atoms with E-state index in [1.165, 1.54) is 12.1 Å². The van der Waals surface area contributed by atoms with Gasteiger partial charge in [-0.3, -0.25) is 9.55 Å². The summed E-state index contributed by atoms with van der Waals surface area (Å²) in [7, 11) is 0. The van der Waals surface area contributed by atoms with Crippen LogP contribution in [0.15, 0.2) is 78.1 Å². The molecule has 0 aliphatic rings. The minimum Gasteiger partial charge on any atom is -0.478 e. The van der Waals surface area contributed by atoms with E-state index in [1.807, 2.05) is 44.2 Å². The average Bonchev–Trinajstić information content (AvgIpc) is 3.33. The Morgan fingerprint density at radius 2 is 1.68 bits per heavy atom. The number of nitrogens with zero attached hydrogens (tertiary/aromatic N) is 4. The van der Waals surface area contributed by atoms with Crippen molar-refractivity contribution in [3.63, 3.8) is 0 Å². The number of carboxylic acids is 1. The van der Waals surface area contributed by atoms with Crippen molar-refractivity contribution in [3.05, 3.63) is 113 Å². The van der Waals surface area contributed by atoms with Gasteiger partial charge in [0.05, 0.1) is 16.5 Å². The lowest BCUT2D eigenvalue weighted by Crippen LogP contribution is -2.24. The van der Waals surface area contributed by atoms with Crippen LogP contribution in [0.4, 0.5) is 13.2 Å². The lowest BCUT2D eigenvalue weighted by molar-refractivity contribution is 0.0695. The molecule has 0 amide bonds. The molecule has 5 aromatic rings. The van der Waals surface area contributed by atoms with E-state index >= 15 is 0 Å². The number of thioether (sulfide) groups is 1. The molecule has 0 bridgehead atoms. The summed E-state index contributed by atoms with van der Waals surface area (Å²) in [6.07, 6.45) is 1.72. The van der Waals surface area contributed by atoms with Crippen LogP contribution in [-0.2, 0) is 11.2 Å². The van der Waals surface area contributed by atoms with E-state index in [-0.39, 0.29) is 11.3 Å². The molecular formula is C28H21F3N4O2S. The van der Waals surface area contributed by atoms with E-state index in [0.717, 1.165) is 40.4 Å². The maximum Gasteiger partial charge on any atom is 0.335 e. The number of fused-ring (bicyclic) bond motifs is 1. The van der Waals surface area contributed by atoms with Gasteiger partial charge >= 0.3 is 5.97 Å². The van der Waals surface area contributed by atoms with Crippen LogP contribution in [0.5, 0.6) is 0 Å². The molecule has 5 rings (SSSR count). The zero-order chi connectivity index (χ0) is 27.0. The molecule has 0 saturated carbocycles. The third-order valence-electron chi connectivity index (χ3n) is 6.34. The first-order valence-corrected chi connectivity index (χ1v) is 12.5. The van der Waals surface area contributed by atoms with Crippen LogP contribution >= 0.6 is 11.8 Å². The molecule has 192 valence electrons. The fraction of sp³-hybridized carbons (Fsp3) is 0.143. The first-order chi connectivity index (χ1) is 18.1. The Morgan fingerprint density at radius 3 is 2.37 bits per heavy atom. The van der Waals surface area contributed by atoms with Gasteiger partial charge in [-0.2, -0.15) is 0 Å². The normalized spacial score (nSPS) is 11.7. The highest BCUT2D eigenvalue weighted by atomic mass is 32.2. The Balaban J connectivity index is 1.57. The number of aromatic carboxylic acids is 1. The van der Waals surface area contributed by atoms with E-state index in [1.54, 1.807) is 22.9 Å². The summed E-state index contributed by atoms with van der Waals surface area (Å²) < 4.78 is 44.6. The van der Waals surface area contributed by atoms with Crippen LogP contribution in [0.3, 0.4) is 0 Å². The summed E-state index contributed by atoms with van der Waals surface area (Å²) in [4.78, 5) is 15.6. The smallest absolute Gasteiger partial charge is 0.335 e. The first-order valence-electron chi connectivity index (χ1n) is 11.6. The zero-order valence-electron chi connectivity index (χ0n) is 20.3. The molecule has 10 heteroatoms. The molecule has 0 aliphatic heterocycles. The van der Waals surface area contributed by atoms with E-state index in [9.17, 15) is 18.0 Å². The molecule has 0 spiro atoms. The van der Waals surface area contributed by atoms with Gasteiger partial charge in [-0.05, 0) is 67.9 Å². The van der Waals surface area contributed by atoms with Crippen molar-refractivity contribution in [3.8, 4) is 5.69 Å². The Labute approximate surface area is 220 Å². The number of hydrogen-bond donors (Lipinski definition) is 1. The Kier molecular flexibility index (Phi) is 6.66. The van der Waals surface area contributed by atoms with Crippen LogP contribution in [0.2, 0.25) is 0 Å². The van der Waals surface area contributed by atoms with Crippen molar-refractivity contribution in [2.45, 2.75) is 30.2 Å². The standard InChI is InChI=1S/C28H21F3N4O2S/c1-28(2,18-6-5-16-4-3-11-32-24(16)14-18)26-33-34-27(35(26)20-9-7-19(29)8-10-20)38-15-21-22(30)12-17(25(36)37)13-23(21)31/h3-14H,15H2,1-2H3,(H,36,37). The summed E-state index contributed by atoms with van der Waals surface area (Å²) in [6.45, 7) is 3.94. The van der Waals surface area contributed by atoms with Gasteiger partial charge in [0.15, 0.2) is 5.16 Å². The minimum absolute atomic E-state index is 0.169. The number of aromatic nitrogens is 4. The van der Waals surface area contributed by atoms with Crippen molar-refractivity contribution in [2.24, 2.45) is 0 Å². The van der Waals surface area contributed by atoms with Crippen molar-refractivity contribution < 1.29 is 23.1 Å². The largest absolute Gasteiger partial charge is 0.478 e. The predicted molar refractivity (Wildman–Crippen MR) is 138 cm³/mol. The molecule has 2 aromatic heterocycles. The van der Waals surface area contributed by atoms with Crippen LogP contribution < -0.4 is 0 Å². The highest BCUT2D eigenvalue weighted by Crippen LogP contribution is 2.36. The highest BCUT2D eigenvalue weighted by Gasteiger charge is 2.32. The molecule has 0 fully saturated rings. The quantitative estimate of drug-likeness (QED) is 0.239. The number of pyridine rings is 1. The number of carboxylic acid groups (broad SMARTS) is 1. The molecule has 6 nitrogen and oxygen atoms in total. The van der Waals surface area contributed by atoms with E-state index in [4.69, 9.17) is 5.11 Å². The van der Waals surface area contributed by atoms with Gasteiger partial charge in [-0.25, -0.2) is 18.0 Å². The van der Waals surface area contributed by atoms with Crippen molar-refractivity contribution in [2.75, 3.05) is 0 Å². The SMILES string of the molecule is CC(C)(c1ccc2cccnc2c1)c1nnc(SCc2c(F)cc(C(=O)O)cc2F)n1-c1ccc(F)cc1. The van der Waals surface area contributed by atoms with Gasteiger partial charge < -0.3 is 5.11 Å². The maximum atomic E-state index is 14.6. The van der Waals surface area contributed by atoms with E-state index in [0.29, 0.717) is 16.7 Å². The van der Waals surface area contributed by atoms with Gasteiger partial charge in [0.1, 0.15) is 23.3 Å². The maximum absolute atomic E-state index is 14.6. The summed E-state index contributed by atoms with van der Waals surface area (Å²) >= 11 is 1.03. The Morgan fingerprint density at radius 1 is 0.974 bits per heavy atom. The fourth-order valence-corrected chi connectivity index (χ4v) is 5.15. The second kappa shape index (κ2) is 9.94. The van der Waals surface area contributed by atoms with Crippen LogP contribution in [-0.4, -0.2) is 30.8 Å². The number of benzene rings is 3. The molecule has 0 aliphatic carbocycles. The van der Waals surface area contributed by atoms with Gasteiger partial charge in [0.25, 0.3) is 0 Å². The molecule has 0 unspecified atom stereocenters. The zero-order valence-corrected chi connectivity index (χ0v) is 21.1. The van der Waals surface area contributed by atoms with E-state index < -0.39 is 34.4 Å².